The van der Waals surface area contributed by atoms with Crippen LogP contribution in [0.4, 0.5) is 0 Å². The predicted molar refractivity (Wildman–Crippen MR) is 43.9 cm³/mol. The zero-order valence-electron chi connectivity index (χ0n) is 7.26. The van der Waals surface area contributed by atoms with Gasteiger partial charge in [0.05, 0.1) is 0 Å². The summed E-state index contributed by atoms with van der Waals surface area (Å²) >= 11 is 0. The maximum Gasteiger partial charge on any atom is 0.356 e. The Morgan fingerprint density at radius 3 is 2.58 bits per heavy atom. The van der Waals surface area contributed by atoms with Crippen molar-refractivity contribution in [2.75, 3.05) is 6.54 Å². The smallest absolute Gasteiger partial charge is 0.356 e. The molecule has 5 nitrogen and oxygen atoms in total. The van der Waals surface area contributed by atoms with Gasteiger partial charge in [0.2, 0.25) is 0 Å². The molecular weight excluding hydrogens is 160 g/mol. The van der Waals surface area contributed by atoms with Crippen molar-refractivity contribution in [2.24, 2.45) is 5.92 Å². The van der Waals surface area contributed by atoms with Crippen LogP contribution in [0.15, 0.2) is 12.3 Å². The largest absolute Gasteiger partial charge is 0.608 e. The zero-order chi connectivity index (χ0) is 9.72. The van der Waals surface area contributed by atoms with Crippen LogP contribution in [0.5, 0.6) is 0 Å². The zero-order valence-corrected chi connectivity index (χ0v) is 7.26. The van der Waals surface area contributed by atoms with Crippen LogP contribution in [0, 0.1) is 11.1 Å². The average molecular weight is 174 g/mol. The molecule has 0 saturated heterocycles. The van der Waals surface area contributed by atoms with Gasteiger partial charge in [-0.2, -0.15) is 0 Å². The molecule has 3 N–H and O–H groups in total. The molecular formula is C7H14N2O3. The third-order valence-electron chi connectivity index (χ3n) is 1.14. The fourth-order valence-electron chi connectivity index (χ4n) is 0.644. The van der Waals surface area contributed by atoms with Crippen molar-refractivity contribution in [3.63, 3.8) is 0 Å². The van der Waals surface area contributed by atoms with Gasteiger partial charge in [-0.1, -0.05) is 20.4 Å². The summed E-state index contributed by atoms with van der Waals surface area (Å²) in [7, 11) is 0. The lowest BCUT2D eigenvalue weighted by Crippen LogP contribution is -3.14. The first-order valence-electron chi connectivity index (χ1n) is 3.65. The second-order valence-electron chi connectivity index (χ2n) is 2.93. The third-order valence-corrected chi connectivity index (χ3v) is 1.14. The Morgan fingerprint density at radius 1 is 1.75 bits per heavy atom. The fraction of sp³-hybridized carbons (Fsp3) is 0.571. The molecule has 0 spiro atoms. The first-order chi connectivity index (χ1) is 5.43. The predicted octanol–water partition coefficient (Wildman–Crippen LogP) is -0.872. The van der Waals surface area contributed by atoms with E-state index < -0.39 is 5.97 Å². The van der Waals surface area contributed by atoms with Crippen LogP contribution >= 0.6 is 0 Å². The Balaban J connectivity index is 3.76. The third kappa shape index (κ3) is 4.70. The van der Waals surface area contributed by atoms with Crippen LogP contribution in [-0.2, 0) is 4.79 Å². The molecule has 0 bridgehead atoms. The molecule has 0 saturated carbocycles. The second kappa shape index (κ2) is 4.74. The molecule has 0 amide bonds. The number of carboxylic acids is 1. The first-order valence-corrected chi connectivity index (χ1v) is 3.65. The summed E-state index contributed by atoms with van der Waals surface area (Å²) in [6, 6.07) is 0. The van der Waals surface area contributed by atoms with E-state index >= 15 is 0 Å². The lowest BCUT2D eigenvalue weighted by atomic mass is 10.2. The van der Waals surface area contributed by atoms with Crippen molar-refractivity contribution < 1.29 is 15.1 Å². The van der Waals surface area contributed by atoms with Crippen molar-refractivity contribution in [1.82, 2.24) is 5.43 Å². The molecule has 0 heterocycles. The number of rotatable bonds is 5. The summed E-state index contributed by atoms with van der Waals surface area (Å²) in [5.74, 6) is -0.987. The van der Waals surface area contributed by atoms with Gasteiger partial charge in [0.25, 0.3) is 0 Å². The molecule has 0 aliphatic rings. The topological polar surface area (TPSA) is 76.8 Å². The van der Waals surface area contributed by atoms with Gasteiger partial charge >= 0.3 is 5.97 Å². The lowest BCUT2D eigenvalue weighted by Gasteiger charge is -2.24. The van der Waals surface area contributed by atoms with E-state index in [1.165, 1.54) is 0 Å². The van der Waals surface area contributed by atoms with Crippen LogP contribution in [0.3, 0.4) is 0 Å². The summed E-state index contributed by atoms with van der Waals surface area (Å²) < 4.78 is 0. The Kier molecular flexibility index (Phi) is 4.31. The summed E-state index contributed by atoms with van der Waals surface area (Å²) in [6.07, 6.45) is 0. The minimum atomic E-state index is -1.20. The van der Waals surface area contributed by atoms with Crippen LogP contribution < -0.4 is 10.6 Å². The quantitative estimate of drug-likeness (QED) is 0.374. The number of quaternary nitrogens is 1. The molecule has 1 unspecified atom stereocenters. The number of carbonyl (C=O) groups is 1. The Hall–Kier alpha value is -1.07. The molecule has 0 aliphatic heterocycles. The number of aliphatic carboxylic acids is 1. The molecule has 0 aromatic heterocycles. The maximum atomic E-state index is 10.9. The lowest BCUT2D eigenvalue weighted by molar-refractivity contribution is -0.893. The standard InChI is InChI=1S/C7H14N2O3/c1-5(2)4-9(12)8-6(3)7(10)11/h5,8-9H,3-4H2,1-2H3,(H,10,11). The van der Waals surface area contributed by atoms with Crippen molar-refractivity contribution in [1.29, 1.82) is 0 Å². The minimum Gasteiger partial charge on any atom is -0.608 e. The van der Waals surface area contributed by atoms with E-state index in [9.17, 15) is 10.0 Å². The highest BCUT2D eigenvalue weighted by molar-refractivity contribution is 5.84. The normalized spacial score (nSPS) is 12.7. The van der Waals surface area contributed by atoms with Crippen molar-refractivity contribution in [3.05, 3.63) is 17.5 Å². The van der Waals surface area contributed by atoms with Gasteiger partial charge in [0, 0.05) is 5.92 Å². The van der Waals surface area contributed by atoms with Gasteiger partial charge in [-0.25, -0.2) is 10.2 Å². The van der Waals surface area contributed by atoms with Gasteiger partial charge < -0.3 is 10.3 Å². The van der Waals surface area contributed by atoms with E-state index in [-0.39, 0.29) is 16.8 Å². The molecule has 12 heavy (non-hydrogen) atoms. The average Bonchev–Trinajstić information content (AvgIpc) is 1.84. The summed E-state index contributed by atoms with van der Waals surface area (Å²) in [4.78, 5) is 10.2. The molecule has 5 heteroatoms. The monoisotopic (exact) mass is 174 g/mol. The molecule has 1 atom stereocenters. The molecule has 0 fully saturated rings. The van der Waals surface area contributed by atoms with E-state index in [0.29, 0.717) is 6.54 Å². The van der Waals surface area contributed by atoms with Gasteiger partial charge in [0.1, 0.15) is 6.54 Å². The van der Waals surface area contributed by atoms with Crippen LogP contribution in [0.25, 0.3) is 0 Å². The van der Waals surface area contributed by atoms with Crippen molar-refractivity contribution in [2.45, 2.75) is 13.8 Å². The summed E-state index contributed by atoms with van der Waals surface area (Å²) in [6.45, 7) is 7.24. The number of carboxylic acid groups (broad SMARTS) is 1. The van der Waals surface area contributed by atoms with Crippen LogP contribution in [0.1, 0.15) is 13.8 Å². The molecule has 0 aromatic carbocycles. The summed E-state index contributed by atoms with van der Waals surface area (Å²) in [5, 5.41) is 19.0. The van der Waals surface area contributed by atoms with Crippen LogP contribution in [0.2, 0.25) is 0 Å². The van der Waals surface area contributed by atoms with E-state index in [1.807, 2.05) is 13.8 Å². The number of hydrogen-bond acceptors (Lipinski definition) is 3. The number of hydrogen-bond donors (Lipinski definition) is 3. The maximum absolute atomic E-state index is 10.9. The van der Waals surface area contributed by atoms with E-state index in [0.717, 1.165) is 0 Å². The Morgan fingerprint density at radius 2 is 2.25 bits per heavy atom. The van der Waals surface area contributed by atoms with Crippen molar-refractivity contribution in [3.8, 4) is 0 Å². The highest BCUT2D eigenvalue weighted by Crippen LogP contribution is 1.83. The molecule has 70 valence electrons. The molecule has 0 radical (unpaired) electrons. The fourth-order valence-corrected chi connectivity index (χ4v) is 0.644. The van der Waals surface area contributed by atoms with Gasteiger partial charge in [0.15, 0.2) is 5.70 Å². The van der Waals surface area contributed by atoms with E-state index in [2.05, 4.69) is 12.0 Å². The molecule has 0 aliphatic carbocycles. The number of nitrogens with one attached hydrogen (secondary N) is 2. The minimum absolute atomic E-state index is 0.214. The second-order valence-corrected chi connectivity index (χ2v) is 2.93. The first kappa shape index (κ1) is 10.9. The molecule has 0 rings (SSSR count). The van der Waals surface area contributed by atoms with Gasteiger partial charge in [-0.05, 0) is 0 Å². The van der Waals surface area contributed by atoms with E-state index in [1.54, 1.807) is 0 Å². The number of hydroxylamine groups is 1. The van der Waals surface area contributed by atoms with E-state index in [4.69, 9.17) is 5.11 Å². The SMILES string of the molecule is C=C(N[NH+]([O-])CC(C)C)C(=O)O. The van der Waals surface area contributed by atoms with Gasteiger partial charge in [-0.15, -0.1) is 0 Å². The Labute approximate surface area is 71.2 Å². The van der Waals surface area contributed by atoms with Gasteiger partial charge in [-0.3, -0.25) is 5.17 Å². The molecule has 0 aromatic rings. The highest BCUT2D eigenvalue weighted by atomic mass is 16.5. The van der Waals surface area contributed by atoms with Crippen molar-refractivity contribution >= 4 is 5.97 Å². The Bertz CT molecular complexity index is 179. The summed E-state index contributed by atoms with van der Waals surface area (Å²) in [5.41, 5.74) is 1.90. The van der Waals surface area contributed by atoms with Crippen LogP contribution in [-0.4, -0.2) is 17.6 Å². The highest BCUT2D eigenvalue weighted by Gasteiger charge is 2.07.